The number of thioether (sulfide) groups is 2. The molecule has 0 bridgehead atoms. The number of aromatic nitrogens is 4. The number of nitrogens with one attached hydrogen (secondary N) is 3. The lowest BCUT2D eigenvalue weighted by atomic mass is 10.1. The molecule has 2 saturated carbocycles. The van der Waals surface area contributed by atoms with Crippen LogP contribution in [0.4, 0.5) is 10.1 Å². The minimum absolute atomic E-state index is 0.0308. The fourth-order valence-corrected chi connectivity index (χ4v) is 9.36. The fraction of sp³-hybridized carbons (Fsp3) is 0.556. The average Bonchev–Trinajstić information content (AvgIpc) is 3.76. The predicted molar refractivity (Wildman–Crippen MR) is 197 cm³/mol. The van der Waals surface area contributed by atoms with Crippen LogP contribution >= 0.6 is 23.5 Å². The summed E-state index contributed by atoms with van der Waals surface area (Å²) in [5, 5.41) is 5.31. The number of nitrogens with zero attached hydrogens (tertiary/aromatic N) is 2. The fourth-order valence-electron chi connectivity index (χ4n) is 7.06. The third-order valence-corrected chi connectivity index (χ3v) is 12.4. The van der Waals surface area contributed by atoms with Crippen LogP contribution in [-0.4, -0.2) is 56.2 Å². The van der Waals surface area contributed by atoms with Crippen molar-refractivity contribution >= 4 is 51.0 Å². The predicted octanol–water partition coefficient (Wildman–Crippen LogP) is 6.81. The number of halogens is 1. The van der Waals surface area contributed by atoms with E-state index in [0.717, 1.165) is 80.4 Å². The summed E-state index contributed by atoms with van der Waals surface area (Å²) in [5.41, 5.74) is 8.24. The van der Waals surface area contributed by atoms with Crippen LogP contribution in [0.2, 0.25) is 0 Å². The van der Waals surface area contributed by atoms with E-state index in [2.05, 4.69) is 25.3 Å². The molecule has 2 aromatic heterocycles. The molecular formula is C36H47FN6O3S2. The molecule has 5 N–H and O–H groups in total. The lowest BCUT2D eigenvalue weighted by Crippen LogP contribution is -2.19. The Morgan fingerprint density at radius 3 is 2.44 bits per heavy atom. The Morgan fingerprint density at radius 2 is 1.67 bits per heavy atom. The molecule has 0 radical (unpaired) electrons. The van der Waals surface area contributed by atoms with Gasteiger partial charge in [0.15, 0.2) is 0 Å². The van der Waals surface area contributed by atoms with E-state index in [1.165, 1.54) is 38.2 Å². The van der Waals surface area contributed by atoms with Crippen molar-refractivity contribution in [3.05, 3.63) is 74.1 Å². The molecule has 4 aromatic rings. The normalized spacial score (nSPS) is 20.3. The zero-order chi connectivity index (χ0) is 33.5. The summed E-state index contributed by atoms with van der Waals surface area (Å²) in [6, 6.07) is 9.33. The maximum Gasteiger partial charge on any atom is 0.261 e. The molecule has 3 aliphatic rings. The maximum atomic E-state index is 14.5. The molecule has 0 spiro atoms. The minimum atomic E-state index is -0.514. The second-order valence-corrected chi connectivity index (χ2v) is 15.9. The molecule has 7 rings (SSSR count). The quantitative estimate of drug-likeness (QED) is 0.141. The Labute approximate surface area is 289 Å². The van der Waals surface area contributed by atoms with Crippen molar-refractivity contribution in [3.63, 3.8) is 0 Å². The van der Waals surface area contributed by atoms with E-state index in [9.17, 15) is 14.0 Å². The van der Waals surface area contributed by atoms with Crippen LogP contribution in [0.1, 0.15) is 81.4 Å². The molecule has 0 amide bonds. The van der Waals surface area contributed by atoms with Crippen LogP contribution in [0.25, 0.3) is 21.8 Å². The van der Waals surface area contributed by atoms with E-state index < -0.39 is 11.4 Å². The van der Waals surface area contributed by atoms with Crippen LogP contribution in [0.3, 0.4) is 0 Å². The molecule has 1 saturated heterocycles. The van der Waals surface area contributed by atoms with Gasteiger partial charge in [-0.05, 0) is 94.5 Å². The van der Waals surface area contributed by atoms with E-state index >= 15 is 0 Å². The van der Waals surface area contributed by atoms with Crippen molar-refractivity contribution < 1.29 is 9.13 Å². The molecule has 12 heteroatoms. The first-order chi connectivity index (χ1) is 23.4. The average molecular weight is 695 g/mol. The van der Waals surface area contributed by atoms with Crippen molar-refractivity contribution in [2.75, 3.05) is 25.1 Å². The van der Waals surface area contributed by atoms with Gasteiger partial charge in [0.2, 0.25) is 0 Å². The third-order valence-electron chi connectivity index (χ3n) is 9.67. The number of hydrogen-bond acceptors (Lipinski definition) is 9. The van der Waals surface area contributed by atoms with Gasteiger partial charge in [0.25, 0.3) is 11.1 Å². The molecule has 2 unspecified atom stereocenters. The molecule has 1 aliphatic heterocycles. The zero-order valence-electron chi connectivity index (χ0n) is 27.7. The summed E-state index contributed by atoms with van der Waals surface area (Å²) >= 11 is 3.70. The molecular weight excluding hydrogens is 648 g/mol. The highest BCUT2D eigenvalue weighted by atomic mass is 32.2. The Morgan fingerprint density at radius 1 is 0.938 bits per heavy atom. The van der Waals surface area contributed by atoms with E-state index in [4.69, 9.17) is 10.5 Å². The van der Waals surface area contributed by atoms with Gasteiger partial charge in [-0.1, -0.05) is 25.0 Å². The number of fused-ring (bicyclic) bond motifs is 2. The summed E-state index contributed by atoms with van der Waals surface area (Å²) in [4.78, 5) is 39.4. The number of nitrogens with two attached hydrogens (primary N) is 1. The molecule has 3 heterocycles. The van der Waals surface area contributed by atoms with Crippen molar-refractivity contribution in [1.29, 1.82) is 0 Å². The third kappa shape index (κ3) is 8.99. The van der Waals surface area contributed by atoms with Crippen molar-refractivity contribution in [1.82, 2.24) is 19.9 Å². The molecule has 9 nitrogen and oxygen atoms in total. The van der Waals surface area contributed by atoms with Crippen LogP contribution in [0, 0.1) is 18.7 Å². The smallest absolute Gasteiger partial charge is 0.261 e. The van der Waals surface area contributed by atoms with Gasteiger partial charge in [-0.2, -0.15) is 23.5 Å². The first kappa shape index (κ1) is 34.9. The van der Waals surface area contributed by atoms with Gasteiger partial charge in [-0.25, -0.2) is 14.4 Å². The summed E-state index contributed by atoms with van der Waals surface area (Å²) in [7, 11) is 0. The van der Waals surface area contributed by atoms with E-state index in [0.29, 0.717) is 44.7 Å². The number of aromatic amines is 2. The number of rotatable bonds is 10. The SMILES string of the molecule is Cc1cccc2c(=O)[nH]c(CSC3CCC(CCN)C3)nc12.O=c1[nH]c(CSC2CCOCC2)nc2cc(NC3CCCC3)cc(F)c12. The summed E-state index contributed by atoms with van der Waals surface area (Å²) in [6.07, 6.45) is 11.6. The molecule has 48 heavy (non-hydrogen) atoms. The second-order valence-electron chi connectivity index (χ2n) is 13.3. The standard InChI is InChI=1S/C19H24FN3O2S.C17H23N3OS/c20-15-9-13(21-12-3-1-2-4-12)10-16-18(15)19(24)23-17(22-16)11-26-14-5-7-25-8-6-14;1-11-3-2-4-14-16(11)19-15(20-17(14)21)10-22-13-6-5-12(9-13)7-8-18/h9-10,12,14,21H,1-8,11H2,(H,22,23,24);2-4,12-13H,5-10,18H2,1H3,(H,19,20,21). The van der Waals surface area contributed by atoms with Gasteiger partial charge in [-0.15, -0.1) is 0 Å². The largest absolute Gasteiger partial charge is 0.382 e. The van der Waals surface area contributed by atoms with E-state index in [-0.39, 0.29) is 10.9 Å². The highest BCUT2D eigenvalue weighted by Gasteiger charge is 2.24. The number of H-pyrrole nitrogens is 2. The number of ether oxygens (including phenoxy) is 1. The second kappa shape index (κ2) is 16.7. The lowest BCUT2D eigenvalue weighted by Gasteiger charge is -2.21. The van der Waals surface area contributed by atoms with Crippen molar-refractivity contribution in [2.24, 2.45) is 11.7 Å². The van der Waals surface area contributed by atoms with Gasteiger partial charge in [-0.3, -0.25) is 9.59 Å². The Hall–Kier alpha value is -2.93. The summed E-state index contributed by atoms with van der Waals surface area (Å²) in [6.45, 7) is 4.38. The van der Waals surface area contributed by atoms with E-state index in [1.807, 2.05) is 36.9 Å². The van der Waals surface area contributed by atoms with E-state index in [1.54, 1.807) is 17.8 Å². The highest BCUT2D eigenvalue weighted by molar-refractivity contribution is 7.99. The van der Waals surface area contributed by atoms with Gasteiger partial charge in [0.05, 0.1) is 27.9 Å². The molecule has 2 aromatic carbocycles. The number of benzene rings is 2. The van der Waals surface area contributed by atoms with Gasteiger partial charge < -0.3 is 25.8 Å². The maximum absolute atomic E-state index is 14.5. The van der Waals surface area contributed by atoms with Gasteiger partial charge in [0.1, 0.15) is 22.9 Å². The lowest BCUT2D eigenvalue weighted by molar-refractivity contribution is 0.1000. The van der Waals surface area contributed by atoms with Gasteiger partial charge >= 0.3 is 0 Å². The molecule has 3 fully saturated rings. The Kier molecular flexibility index (Phi) is 12.1. The monoisotopic (exact) mass is 694 g/mol. The molecule has 258 valence electrons. The summed E-state index contributed by atoms with van der Waals surface area (Å²) in [5.74, 6) is 3.07. The molecule has 2 aliphatic carbocycles. The van der Waals surface area contributed by atoms with Crippen LogP contribution in [0.5, 0.6) is 0 Å². The topological polar surface area (TPSA) is 139 Å². The van der Waals surface area contributed by atoms with Crippen molar-refractivity contribution in [3.8, 4) is 0 Å². The number of para-hydroxylation sites is 1. The highest BCUT2D eigenvalue weighted by Crippen LogP contribution is 2.36. The zero-order valence-corrected chi connectivity index (χ0v) is 29.3. The first-order valence-corrected chi connectivity index (χ1v) is 19.4. The summed E-state index contributed by atoms with van der Waals surface area (Å²) < 4.78 is 19.8. The Balaban J connectivity index is 0.000000170. The van der Waals surface area contributed by atoms with Crippen LogP contribution in [0.15, 0.2) is 39.9 Å². The van der Waals surface area contributed by atoms with Crippen LogP contribution in [-0.2, 0) is 16.2 Å². The van der Waals surface area contributed by atoms with Crippen molar-refractivity contribution in [2.45, 2.75) is 99.2 Å². The number of hydrogen-bond donors (Lipinski definition) is 4. The minimum Gasteiger partial charge on any atom is -0.382 e. The number of aryl methyl sites for hydroxylation is 1. The first-order valence-electron chi connectivity index (χ1n) is 17.3. The Bertz CT molecular complexity index is 1800. The molecule has 2 atom stereocenters. The van der Waals surface area contributed by atoms with Crippen LogP contribution < -0.4 is 22.2 Å². The number of anilines is 1. The van der Waals surface area contributed by atoms with Gasteiger partial charge in [0, 0.05) is 35.4 Å².